The van der Waals surface area contributed by atoms with Gasteiger partial charge in [0.2, 0.25) is 0 Å². The third-order valence-corrected chi connectivity index (χ3v) is 5.54. The van der Waals surface area contributed by atoms with E-state index in [0.717, 1.165) is 49.7 Å². The van der Waals surface area contributed by atoms with Gasteiger partial charge in [-0.3, -0.25) is 9.88 Å². The Balaban J connectivity index is 1.37. The van der Waals surface area contributed by atoms with Gasteiger partial charge in [-0.15, -0.1) is 0 Å². The van der Waals surface area contributed by atoms with Gasteiger partial charge >= 0.3 is 0 Å². The van der Waals surface area contributed by atoms with Crippen LogP contribution in [0.1, 0.15) is 17.8 Å². The van der Waals surface area contributed by atoms with E-state index in [1.807, 2.05) is 24.5 Å². The quantitative estimate of drug-likeness (QED) is 0.716. The van der Waals surface area contributed by atoms with Gasteiger partial charge in [-0.1, -0.05) is 18.2 Å². The summed E-state index contributed by atoms with van der Waals surface area (Å²) in [4.78, 5) is 11.1. The monoisotopic (exact) mass is 364 g/mol. The van der Waals surface area contributed by atoms with Crippen molar-refractivity contribution in [3.8, 4) is 11.3 Å². The van der Waals surface area contributed by atoms with Crippen molar-refractivity contribution in [2.24, 2.45) is 0 Å². The Labute approximate surface area is 157 Å². The Morgan fingerprint density at radius 2 is 2.11 bits per heavy atom. The Morgan fingerprint density at radius 3 is 2.96 bits per heavy atom. The summed E-state index contributed by atoms with van der Waals surface area (Å²) >= 11 is 0. The van der Waals surface area contributed by atoms with E-state index in [-0.39, 0.29) is 11.4 Å². The third-order valence-electron chi connectivity index (χ3n) is 5.54. The minimum atomic E-state index is -0.228. The summed E-state index contributed by atoms with van der Waals surface area (Å²) in [5, 5.41) is 0. The van der Waals surface area contributed by atoms with E-state index in [0.29, 0.717) is 6.61 Å². The largest absolute Gasteiger partial charge is 0.364 e. The first-order valence-corrected chi connectivity index (χ1v) is 9.26. The molecule has 138 valence electrons. The molecule has 4 heterocycles. The highest BCUT2D eigenvalue weighted by Crippen LogP contribution is 2.35. The van der Waals surface area contributed by atoms with E-state index in [1.54, 1.807) is 18.3 Å². The maximum atomic E-state index is 13.7. The highest BCUT2D eigenvalue weighted by molar-refractivity contribution is 5.59. The fourth-order valence-electron chi connectivity index (χ4n) is 4.19. The van der Waals surface area contributed by atoms with Crippen LogP contribution in [-0.4, -0.2) is 38.1 Å². The van der Waals surface area contributed by atoms with Gasteiger partial charge in [-0.25, -0.2) is 9.37 Å². The van der Waals surface area contributed by atoms with Crippen molar-refractivity contribution >= 4 is 0 Å². The number of rotatable bonds is 3. The van der Waals surface area contributed by atoms with Gasteiger partial charge in [0, 0.05) is 37.6 Å². The van der Waals surface area contributed by atoms with Crippen molar-refractivity contribution in [3.63, 3.8) is 0 Å². The molecule has 0 bridgehead atoms. The zero-order valence-electron chi connectivity index (χ0n) is 15.0. The van der Waals surface area contributed by atoms with Crippen LogP contribution in [0.4, 0.5) is 4.39 Å². The van der Waals surface area contributed by atoms with Crippen LogP contribution in [0.25, 0.3) is 11.3 Å². The molecule has 0 amide bonds. The van der Waals surface area contributed by atoms with Gasteiger partial charge in [0.15, 0.2) is 0 Å². The number of hydrogen-bond donors (Lipinski definition) is 0. The lowest BCUT2D eigenvalue weighted by Gasteiger charge is -2.35. The van der Waals surface area contributed by atoms with Gasteiger partial charge in [0.25, 0.3) is 0 Å². The standard InChI is InChI=1S/C21H21FN4O/c22-18-5-1-4-17(9-18)19-11-24-20-13-27-21(15-26(19)20)6-8-25(14-21)12-16-3-2-7-23-10-16/h1-5,7,9-11H,6,8,12-15H2/t21-/m0/s1. The Kier molecular flexibility index (Phi) is 4.02. The second-order valence-electron chi connectivity index (χ2n) is 7.45. The van der Waals surface area contributed by atoms with Crippen LogP contribution in [0.15, 0.2) is 55.0 Å². The van der Waals surface area contributed by atoms with Crippen LogP contribution < -0.4 is 0 Å². The normalized spacial score (nSPS) is 22.3. The van der Waals surface area contributed by atoms with Crippen molar-refractivity contribution in [2.45, 2.75) is 31.7 Å². The second-order valence-corrected chi connectivity index (χ2v) is 7.45. The van der Waals surface area contributed by atoms with E-state index in [9.17, 15) is 4.39 Å². The second kappa shape index (κ2) is 6.55. The molecular weight excluding hydrogens is 343 g/mol. The smallest absolute Gasteiger partial charge is 0.135 e. The number of nitrogens with zero attached hydrogens (tertiary/aromatic N) is 4. The average molecular weight is 364 g/mol. The van der Waals surface area contributed by atoms with Gasteiger partial charge in [0.05, 0.1) is 18.4 Å². The van der Waals surface area contributed by atoms with Crippen molar-refractivity contribution < 1.29 is 9.13 Å². The van der Waals surface area contributed by atoms with E-state index in [4.69, 9.17) is 4.74 Å². The minimum Gasteiger partial charge on any atom is -0.364 e. The molecule has 1 saturated heterocycles. The molecule has 27 heavy (non-hydrogen) atoms. The molecule has 1 aromatic carbocycles. The van der Waals surface area contributed by atoms with Gasteiger partial charge < -0.3 is 9.30 Å². The fourth-order valence-corrected chi connectivity index (χ4v) is 4.19. The maximum absolute atomic E-state index is 13.7. The molecule has 1 spiro atoms. The van der Waals surface area contributed by atoms with E-state index in [1.165, 1.54) is 11.6 Å². The van der Waals surface area contributed by atoms with Gasteiger partial charge in [0.1, 0.15) is 23.8 Å². The lowest BCUT2D eigenvalue weighted by atomic mass is 10.0. The molecule has 2 aliphatic heterocycles. The summed E-state index contributed by atoms with van der Waals surface area (Å²) in [5.74, 6) is 0.680. The topological polar surface area (TPSA) is 43.2 Å². The maximum Gasteiger partial charge on any atom is 0.135 e. The predicted molar refractivity (Wildman–Crippen MR) is 99.3 cm³/mol. The predicted octanol–water partition coefficient (Wildman–Crippen LogP) is 3.26. The molecule has 5 rings (SSSR count). The number of halogens is 1. The van der Waals surface area contributed by atoms with Crippen LogP contribution in [0, 0.1) is 5.82 Å². The molecule has 0 radical (unpaired) electrons. The van der Waals surface area contributed by atoms with Crippen LogP contribution in [-0.2, 0) is 24.4 Å². The zero-order valence-corrected chi connectivity index (χ0v) is 15.0. The van der Waals surface area contributed by atoms with Crippen molar-refractivity contribution in [1.29, 1.82) is 0 Å². The number of imidazole rings is 1. The highest BCUT2D eigenvalue weighted by Gasteiger charge is 2.43. The first-order valence-electron chi connectivity index (χ1n) is 9.26. The summed E-state index contributed by atoms with van der Waals surface area (Å²) in [7, 11) is 0. The van der Waals surface area contributed by atoms with E-state index in [2.05, 4.69) is 25.5 Å². The number of hydrogen-bond acceptors (Lipinski definition) is 4. The summed E-state index contributed by atoms with van der Waals surface area (Å²) in [6.45, 7) is 4.00. The lowest BCUT2D eigenvalue weighted by Crippen LogP contribution is -2.44. The Morgan fingerprint density at radius 1 is 1.15 bits per heavy atom. The molecule has 0 saturated carbocycles. The molecule has 1 fully saturated rings. The van der Waals surface area contributed by atoms with Gasteiger partial charge in [-0.05, 0) is 30.2 Å². The Bertz CT molecular complexity index is 958. The average Bonchev–Trinajstić information content (AvgIpc) is 3.27. The number of pyridine rings is 1. The number of fused-ring (bicyclic) bond motifs is 1. The number of benzene rings is 1. The molecule has 0 unspecified atom stereocenters. The lowest BCUT2D eigenvalue weighted by molar-refractivity contribution is -0.0821. The number of likely N-dealkylation sites (tertiary alicyclic amines) is 1. The first-order chi connectivity index (χ1) is 13.2. The van der Waals surface area contributed by atoms with Gasteiger partial charge in [-0.2, -0.15) is 0 Å². The van der Waals surface area contributed by atoms with Crippen LogP contribution in [0.5, 0.6) is 0 Å². The molecular formula is C21H21FN4O. The summed E-state index contributed by atoms with van der Waals surface area (Å²) in [6.07, 6.45) is 6.53. The SMILES string of the molecule is Fc1cccc(-c2cnc3n2C[C@@]2(CCN(Cc4cccnc4)C2)OC3)c1. The van der Waals surface area contributed by atoms with Crippen LogP contribution in [0.2, 0.25) is 0 Å². The Hall–Kier alpha value is -2.57. The molecule has 0 N–H and O–H groups in total. The molecule has 1 atom stereocenters. The third kappa shape index (κ3) is 3.15. The molecule has 5 nitrogen and oxygen atoms in total. The first kappa shape index (κ1) is 16.6. The van der Waals surface area contributed by atoms with Crippen molar-refractivity contribution in [3.05, 3.63) is 72.2 Å². The fraction of sp³-hybridized carbons (Fsp3) is 0.333. The van der Waals surface area contributed by atoms with Crippen molar-refractivity contribution in [1.82, 2.24) is 19.4 Å². The molecule has 2 aromatic heterocycles. The molecule has 0 aliphatic carbocycles. The number of ether oxygens (including phenoxy) is 1. The minimum absolute atomic E-state index is 0.210. The van der Waals surface area contributed by atoms with Crippen molar-refractivity contribution in [2.75, 3.05) is 13.1 Å². The summed E-state index contributed by atoms with van der Waals surface area (Å²) in [6, 6.07) is 10.8. The zero-order chi connectivity index (χ0) is 18.3. The van der Waals surface area contributed by atoms with E-state index < -0.39 is 0 Å². The summed E-state index contributed by atoms with van der Waals surface area (Å²) < 4.78 is 22.2. The molecule has 3 aromatic rings. The molecule has 6 heteroatoms. The van der Waals surface area contributed by atoms with Crippen LogP contribution in [0.3, 0.4) is 0 Å². The van der Waals surface area contributed by atoms with Crippen LogP contribution >= 0.6 is 0 Å². The molecule has 2 aliphatic rings. The number of aromatic nitrogens is 3. The van der Waals surface area contributed by atoms with E-state index >= 15 is 0 Å². The highest BCUT2D eigenvalue weighted by atomic mass is 19.1. The summed E-state index contributed by atoms with van der Waals surface area (Å²) in [5.41, 5.74) is 2.82.